The largest absolute Gasteiger partial charge is 0.403 e. The highest BCUT2D eigenvalue weighted by Gasteiger charge is 2.28. The van der Waals surface area contributed by atoms with Gasteiger partial charge in [0.2, 0.25) is 15.9 Å². The van der Waals surface area contributed by atoms with Gasteiger partial charge in [-0.15, -0.1) is 5.10 Å². The molecule has 1 fully saturated rings. The van der Waals surface area contributed by atoms with Gasteiger partial charge in [-0.2, -0.15) is 4.31 Å². The van der Waals surface area contributed by atoms with Gasteiger partial charge in [0.25, 0.3) is 5.91 Å². The molecule has 0 saturated carbocycles. The number of rotatable bonds is 7. The molecule has 0 unspecified atom stereocenters. The fraction of sp³-hybridized carbons (Fsp3) is 0.375. The molecule has 4 rings (SSSR count). The third kappa shape index (κ3) is 5.35. The van der Waals surface area contributed by atoms with Crippen molar-refractivity contribution < 1.29 is 26.0 Å². The van der Waals surface area contributed by atoms with Crippen LogP contribution in [0.4, 0.5) is 6.01 Å². The molecule has 12 heteroatoms. The van der Waals surface area contributed by atoms with E-state index in [4.69, 9.17) is 4.42 Å². The van der Waals surface area contributed by atoms with Crippen molar-refractivity contribution in [1.82, 2.24) is 14.5 Å². The van der Waals surface area contributed by atoms with Crippen LogP contribution in [0.3, 0.4) is 0 Å². The van der Waals surface area contributed by atoms with Gasteiger partial charge < -0.3 is 4.42 Å². The van der Waals surface area contributed by atoms with Crippen LogP contribution in [0.1, 0.15) is 44.0 Å². The molecule has 192 valence electrons. The first-order chi connectivity index (χ1) is 17.0. The fourth-order valence-electron chi connectivity index (χ4n) is 3.79. The lowest BCUT2D eigenvalue weighted by Crippen LogP contribution is -2.37. The number of piperidine rings is 1. The minimum atomic E-state index is -3.62. The molecular formula is C24H28N4O6S2. The molecule has 1 amide bonds. The van der Waals surface area contributed by atoms with Crippen molar-refractivity contribution in [3.8, 4) is 11.5 Å². The Labute approximate surface area is 210 Å². The van der Waals surface area contributed by atoms with Crippen molar-refractivity contribution in [2.75, 3.05) is 18.4 Å². The molecular weight excluding hydrogens is 504 g/mol. The molecule has 2 heterocycles. The molecule has 1 aromatic heterocycles. The Bertz CT molecular complexity index is 1460. The standard InChI is InChI=1S/C24H28N4O6S2/c1-16(2)35(30,31)21-6-4-5-19(15-21)23-26-27-24(34-23)25-22(29)18-7-9-20(10-8-18)36(32,33)28-13-11-17(3)12-14-28/h4-10,15-17H,11-14H2,1-3H3,(H,25,27,29). The molecule has 10 nitrogen and oxygen atoms in total. The Balaban J connectivity index is 1.46. The van der Waals surface area contributed by atoms with Gasteiger partial charge in [0.15, 0.2) is 9.84 Å². The minimum absolute atomic E-state index is 0.0448. The van der Waals surface area contributed by atoms with E-state index >= 15 is 0 Å². The van der Waals surface area contributed by atoms with E-state index in [2.05, 4.69) is 22.4 Å². The van der Waals surface area contributed by atoms with Crippen LogP contribution >= 0.6 is 0 Å². The highest BCUT2D eigenvalue weighted by atomic mass is 32.2. The number of hydrogen-bond donors (Lipinski definition) is 1. The van der Waals surface area contributed by atoms with E-state index in [0.717, 1.165) is 12.8 Å². The Hall–Kier alpha value is -3.09. The van der Waals surface area contributed by atoms with Gasteiger partial charge in [-0.25, -0.2) is 16.8 Å². The van der Waals surface area contributed by atoms with Gasteiger partial charge in [0, 0.05) is 24.2 Å². The number of sulfonamides is 1. The first kappa shape index (κ1) is 26.0. The van der Waals surface area contributed by atoms with Crippen molar-refractivity contribution in [3.63, 3.8) is 0 Å². The molecule has 0 aliphatic carbocycles. The van der Waals surface area contributed by atoms with Gasteiger partial charge >= 0.3 is 6.01 Å². The van der Waals surface area contributed by atoms with E-state index in [9.17, 15) is 21.6 Å². The topological polar surface area (TPSA) is 140 Å². The van der Waals surface area contributed by atoms with Crippen LogP contribution < -0.4 is 5.32 Å². The van der Waals surface area contributed by atoms with Crippen LogP contribution in [0.2, 0.25) is 0 Å². The van der Waals surface area contributed by atoms with E-state index in [1.54, 1.807) is 26.0 Å². The Morgan fingerprint density at radius 1 is 1.00 bits per heavy atom. The number of aromatic nitrogens is 2. The summed E-state index contributed by atoms with van der Waals surface area (Å²) in [5.74, 6) is -0.00904. The molecule has 0 atom stereocenters. The summed E-state index contributed by atoms with van der Waals surface area (Å²) >= 11 is 0. The Morgan fingerprint density at radius 3 is 2.31 bits per heavy atom. The van der Waals surface area contributed by atoms with Crippen molar-refractivity contribution in [2.45, 2.75) is 48.7 Å². The number of nitrogens with one attached hydrogen (secondary N) is 1. The van der Waals surface area contributed by atoms with Crippen molar-refractivity contribution in [3.05, 3.63) is 54.1 Å². The predicted octanol–water partition coefficient (Wildman–Crippen LogP) is 3.59. The van der Waals surface area contributed by atoms with Gasteiger partial charge in [0.05, 0.1) is 15.0 Å². The van der Waals surface area contributed by atoms with Crippen molar-refractivity contribution >= 4 is 31.8 Å². The Kier molecular flexibility index (Phi) is 7.30. The highest BCUT2D eigenvalue weighted by molar-refractivity contribution is 7.92. The van der Waals surface area contributed by atoms with Crippen LogP contribution in [0, 0.1) is 5.92 Å². The van der Waals surface area contributed by atoms with E-state index in [0.29, 0.717) is 24.6 Å². The lowest BCUT2D eigenvalue weighted by molar-refractivity contribution is 0.102. The van der Waals surface area contributed by atoms with Gasteiger partial charge in [0.1, 0.15) is 0 Å². The normalized spacial score (nSPS) is 15.8. The van der Waals surface area contributed by atoms with Crippen molar-refractivity contribution in [1.29, 1.82) is 0 Å². The van der Waals surface area contributed by atoms with E-state index < -0.39 is 31.0 Å². The molecule has 0 spiro atoms. The number of benzene rings is 2. The summed E-state index contributed by atoms with van der Waals surface area (Å²) in [6.45, 7) is 6.27. The number of anilines is 1. The minimum Gasteiger partial charge on any atom is -0.403 e. The summed E-state index contributed by atoms with van der Waals surface area (Å²) in [5.41, 5.74) is 0.609. The lowest BCUT2D eigenvalue weighted by Gasteiger charge is -2.29. The summed E-state index contributed by atoms with van der Waals surface area (Å²) in [5, 5.41) is 9.59. The molecule has 1 aliphatic rings. The van der Waals surface area contributed by atoms with Crippen LogP contribution in [-0.2, 0) is 19.9 Å². The fourth-order valence-corrected chi connectivity index (χ4v) is 6.36. The molecule has 1 saturated heterocycles. The average Bonchev–Trinajstić information content (AvgIpc) is 3.33. The van der Waals surface area contributed by atoms with E-state index in [1.807, 2.05) is 0 Å². The second-order valence-corrected chi connectivity index (χ2v) is 13.5. The molecule has 36 heavy (non-hydrogen) atoms. The number of sulfone groups is 1. The molecule has 0 radical (unpaired) electrons. The van der Waals surface area contributed by atoms with Crippen LogP contribution in [-0.4, -0.2) is 55.6 Å². The lowest BCUT2D eigenvalue weighted by atomic mass is 10.0. The summed E-state index contributed by atoms with van der Waals surface area (Å²) in [7, 11) is -7.10. The third-order valence-electron chi connectivity index (χ3n) is 6.17. The van der Waals surface area contributed by atoms with Gasteiger partial charge in [-0.05, 0) is 75.1 Å². The third-order valence-corrected chi connectivity index (χ3v) is 10.2. The second-order valence-electron chi connectivity index (χ2n) is 9.10. The number of nitrogens with zero attached hydrogens (tertiary/aromatic N) is 3. The van der Waals surface area contributed by atoms with Gasteiger partial charge in [-0.1, -0.05) is 18.1 Å². The smallest absolute Gasteiger partial charge is 0.322 e. The second kappa shape index (κ2) is 10.1. The van der Waals surface area contributed by atoms with E-state index in [-0.39, 0.29) is 27.3 Å². The molecule has 0 bridgehead atoms. The SMILES string of the molecule is CC1CCN(S(=O)(=O)c2ccc(C(=O)Nc3nnc(-c4cccc(S(=O)(=O)C(C)C)c4)o3)cc2)CC1. The highest BCUT2D eigenvalue weighted by Crippen LogP contribution is 2.26. The summed E-state index contributed by atoms with van der Waals surface area (Å²) in [6.07, 6.45) is 1.65. The first-order valence-corrected chi connectivity index (χ1v) is 14.6. The van der Waals surface area contributed by atoms with E-state index in [1.165, 1.54) is 40.7 Å². The first-order valence-electron chi connectivity index (χ1n) is 11.6. The zero-order chi connectivity index (χ0) is 26.1. The predicted molar refractivity (Wildman–Crippen MR) is 134 cm³/mol. The maximum atomic E-state index is 12.9. The number of hydrogen-bond acceptors (Lipinski definition) is 8. The van der Waals surface area contributed by atoms with Crippen molar-refractivity contribution in [2.24, 2.45) is 5.92 Å². The zero-order valence-corrected chi connectivity index (χ0v) is 21.8. The summed E-state index contributed by atoms with van der Waals surface area (Å²) < 4.78 is 57.6. The average molecular weight is 533 g/mol. The molecule has 1 aliphatic heterocycles. The van der Waals surface area contributed by atoms with Crippen LogP contribution in [0.5, 0.6) is 0 Å². The van der Waals surface area contributed by atoms with Crippen LogP contribution in [0.25, 0.3) is 11.5 Å². The maximum Gasteiger partial charge on any atom is 0.322 e. The monoisotopic (exact) mass is 532 g/mol. The number of carbonyl (C=O) groups excluding carboxylic acids is 1. The molecule has 1 N–H and O–H groups in total. The molecule has 3 aromatic rings. The molecule has 2 aromatic carbocycles. The number of amides is 1. The van der Waals surface area contributed by atoms with Crippen LogP contribution in [0.15, 0.2) is 62.7 Å². The number of carbonyl (C=O) groups is 1. The summed E-state index contributed by atoms with van der Waals surface area (Å²) in [4.78, 5) is 12.9. The maximum absolute atomic E-state index is 12.9. The van der Waals surface area contributed by atoms with Gasteiger partial charge in [-0.3, -0.25) is 10.1 Å². The Morgan fingerprint density at radius 2 is 1.67 bits per heavy atom. The zero-order valence-electron chi connectivity index (χ0n) is 20.2. The summed E-state index contributed by atoms with van der Waals surface area (Å²) in [6, 6.07) is 11.6. The quantitative estimate of drug-likeness (QED) is 0.487.